The summed E-state index contributed by atoms with van der Waals surface area (Å²) in [4.78, 5) is 28.2. The molecule has 0 atom stereocenters. The molecular weight excluding hydrogens is 599 g/mol. The Hall–Kier alpha value is -3.47. The van der Waals surface area contributed by atoms with Gasteiger partial charge in [0, 0.05) is 47.4 Å². The third-order valence-electron chi connectivity index (χ3n) is 3.29. The van der Waals surface area contributed by atoms with E-state index in [9.17, 15) is 19.8 Å². The summed E-state index contributed by atoms with van der Waals surface area (Å²) in [6.45, 7) is 0. The van der Waals surface area contributed by atoms with Crippen LogP contribution in [0.1, 0.15) is 0 Å². The third-order valence-corrected chi connectivity index (χ3v) is 4.88. The van der Waals surface area contributed by atoms with Gasteiger partial charge in [0.2, 0.25) is 11.8 Å². The molecule has 20 heteroatoms. The molecule has 0 bridgehead atoms. The molecule has 38 heavy (non-hydrogen) atoms. The second-order valence-corrected chi connectivity index (χ2v) is 7.39. The van der Waals surface area contributed by atoms with Crippen molar-refractivity contribution in [1.82, 2.24) is 30.4 Å². The van der Waals surface area contributed by atoms with Crippen LogP contribution in [-0.4, -0.2) is 59.3 Å². The number of thioether (sulfide) groups is 2. The third kappa shape index (κ3) is 13.7. The summed E-state index contributed by atoms with van der Waals surface area (Å²) >= 11 is 1.85. The normalized spacial score (nSPS) is 8.63. The average Bonchev–Trinajstić information content (AvgIpc) is 3.48. The van der Waals surface area contributed by atoms with Gasteiger partial charge in [-0.05, 0) is 24.3 Å². The fourth-order valence-corrected chi connectivity index (χ4v) is 2.96. The second-order valence-electron chi connectivity index (χ2n) is 5.54. The minimum Gasteiger partial charge on any atom is -0.549 e. The van der Waals surface area contributed by atoms with E-state index in [1.54, 1.807) is 49.1 Å². The minimum atomic E-state index is -1.17. The maximum atomic E-state index is 10.2. The zero-order valence-electron chi connectivity index (χ0n) is 19.1. The van der Waals surface area contributed by atoms with E-state index in [-0.39, 0.29) is 66.1 Å². The number of carbonyl (C=O) groups is 2. The summed E-state index contributed by atoms with van der Waals surface area (Å²) in [6.07, 6.45) is 6.42. The Labute approximate surface area is 232 Å². The van der Waals surface area contributed by atoms with E-state index in [2.05, 4.69) is 30.4 Å². The summed E-state index contributed by atoms with van der Waals surface area (Å²) in [5.74, 6) is -2.09. The molecule has 17 nitrogen and oxygen atoms in total. The van der Waals surface area contributed by atoms with Crippen molar-refractivity contribution in [2.75, 3.05) is 11.5 Å². The zero-order chi connectivity index (χ0) is 22.8. The van der Waals surface area contributed by atoms with E-state index in [1.165, 1.54) is 0 Å². The van der Waals surface area contributed by atoms with Crippen LogP contribution in [-0.2, 0) is 48.3 Å². The maximum absolute atomic E-state index is 10.2. The summed E-state index contributed by atoms with van der Waals surface area (Å²) in [5.41, 5.74) is 1.48. The number of nitrogens with zero attached hydrogens (tertiary/aromatic N) is 6. The Bertz CT molecular complexity index is 1080. The van der Waals surface area contributed by atoms with Crippen molar-refractivity contribution in [2.45, 2.75) is 10.4 Å². The molecule has 0 amide bonds. The van der Waals surface area contributed by atoms with E-state index in [4.69, 9.17) is 8.83 Å². The van der Waals surface area contributed by atoms with Gasteiger partial charge in [0.1, 0.15) is 0 Å². The number of hydrogen-bond donors (Lipinski definition) is 0. The molecular formula is C18H26CoN6O11S2+4. The topological polar surface area (TPSA) is 347 Å². The SMILES string of the molecule is O.O=C([O-])CSc1nnc(-c2ccncc2)o1.O=C([O-])CSc1nnc(-c2ccncc2)o1.[Co+2].[OH3+].[OH3+].[OH3+].[OH3+]. The Morgan fingerprint density at radius 2 is 0.974 bits per heavy atom. The summed E-state index contributed by atoms with van der Waals surface area (Å²) in [5, 5.41) is 35.8. The van der Waals surface area contributed by atoms with E-state index in [1.807, 2.05) is 0 Å². The summed E-state index contributed by atoms with van der Waals surface area (Å²) < 4.78 is 10.5. The van der Waals surface area contributed by atoms with Crippen LogP contribution >= 0.6 is 23.5 Å². The first-order chi connectivity index (χ1) is 15.5. The van der Waals surface area contributed by atoms with E-state index >= 15 is 0 Å². The quantitative estimate of drug-likeness (QED) is 0.131. The number of hydrogen-bond acceptors (Lipinski definition) is 14. The Balaban J connectivity index is -0.000000263. The van der Waals surface area contributed by atoms with Crippen molar-refractivity contribution in [3.63, 3.8) is 0 Å². The van der Waals surface area contributed by atoms with Gasteiger partial charge in [-0.1, -0.05) is 23.5 Å². The zero-order valence-corrected chi connectivity index (χ0v) is 21.8. The number of carbonyl (C=O) groups excluding carboxylic acids is 2. The molecule has 0 aliphatic rings. The van der Waals surface area contributed by atoms with Gasteiger partial charge in [0.05, 0.1) is 11.9 Å². The predicted octanol–water partition coefficient (Wildman–Crippen LogP) is -4.57. The number of rotatable bonds is 8. The molecule has 211 valence electrons. The first-order valence-corrected chi connectivity index (χ1v) is 10.6. The Morgan fingerprint density at radius 1 is 0.658 bits per heavy atom. The van der Waals surface area contributed by atoms with Gasteiger partial charge >= 0.3 is 16.8 Å². The van der Waals surface area contributed by atoms with Crippen LogP contribution in [0.2, 0.25) is 0 Å². The molecule has 0 saturated heterocycles. The molecule has 0 spiro atoms. The number of pyridine rings is 2. The van der Waals surface area contributed by atoms with Crippen LogP contribution in [0.25, 0.3) is 22.9 Å². The number of carboxylic acids is 2. The van der Waals surface area contributed by atoms with Crippen LogP contribution in [0, 0.1) is 0 Å². The minimum absolute atomic E-state index is 0. The van der Waals surface area contributed by atoms with Crippen molar-refractivity contribution in [3.05, 3.63) is 49.1 Å². The van der Waals surface area contributed by atoms with Gasteiger partial charge in [-0.3, -0.25) is 9.97 Å². The summed E-state index contributed by atoms with van der Waals surface area (Å²) in [6, 6.07) is 6.89. The standard InChI is InChI=1S/2C9H7N3O3S.Co.5H2O/c2*13-7(14)5-16-9-12-11-8(15-9)6-1-3-10-4-2-6;;;;;;/h2*1-4H,5H2,(H,13,14);;5*1H2/q;;+2;;;;;/p+2. The molecule has 0 aliphatic carbocycles. The molecule has 1 radical (unpaired) electrons. The van der Waals surface area contributed by atoms with Crippen LogP contribution in [0.4, 0.5) is 0 Å². The van der Waals surface area contributed by atoms with Gasteiger partial charge in [0.25, 0.3) is 10.4 Å². The van der Waals surface area contributed by atoms with Gasteiger partial charge < -0.3 is 56.0 Å². The van der Waals surface area contributed by atoms with Crippen LogP contribution in [0.5, 0.6) is 0 Å². The maximum Gasteiger partial charge on any atom is 2.00 e. The van der Waals surface area contributed by atoms with Gasteiger partial charge in [0.15, 0.2) is 0 Å². The molecule has 14 N–H and O–H groups in total. The molecule has 4 aromatic heterocycles. The number of aromatic nitrogens is 6. The second kappa shape index (κ2) is 21.6. The van der Waals surface area contributed by atoms with Gasteiger partial charge in [-0.25, -0.2) is 0 Å². The Morgan fingerprint density at radius 3 is 1.26 bits per heavy atom. The number of carboxylic acid groups (broad SMARTS) is 2. The van der Waals surface area contributed by atoms with Crippen LogP contribution < -0.4 is 10.2 Å². The van der Waals surface area contributed by atoms with Crippen molar-refractivity contribution in [3.8, 4) is 22.9 Å². The molecule has 0 aliphatic heterocycles. The first-order valence-electron chi connectivity index (χ1n) is 8.64. The van der Waals surface area contributed by atoms with Crippen molar-refractivity contribution < 1.29 is 72.8 Å². The number of aliphatic carboxylic acids is 2. The molecule has 4 aromatic rings. The molecule has 4 heterocycles. The van der Waals surface area contributed by atoms with E-state index in [0.29, 0.717) is 11.8 Å². The van der Waals surface area contributed by atoms with Gasteiger partial charge in [-0.15, -0.1) is 20.4 Å². The smallest absolute Gasteiger partial charge is 0.549 e. The van der Waals surface area contributed by atoms with E-state index in [0.717, 1.165) is 34.7 Å². The van der Waals surface area contributed by atoms with Crippen molar-refractivity contribution in [2.24, 2.45) is 0 Å². The summed E-state index contributed by atoms with van der Waals surface area (Å²) in [7, 11) is 0. The fraction of sp³-hybridized carbons (Fsp3) is 0.111. The van der Waals surface area contributed by atoms with Crippen LogP contribution in [0.3, 0.4) is 0 Å². The molecule has 0 fully saturated rings. The van der Waals surface area contributed by atoms with Gasteiger partial charge in [-0.2, -0.15) is 0 Å². The van der Waals surface area contributed by atoms with Crippen molar-refractivity contribution >= 4 is 35.5 Å². The fourth-order valence-electron chi connectivity index (χ4n) is 2.00. The molecule has 0 unspecified atom stereocenters. The average molecular weight is 626 g/mol. The van der Waals surface area contributed by atoms with E-state index < -0.39 is 11.9 Å². The molecule has 0 saturated carbocycles. The monoisotopic (exact) mass is 625 g/mol. The van der Waals surface area contributed by atoms with Crippen molar-refractivity contribution in [1.29, 1.82) is 0 Å². The predicted molar refractivity (Wildman–Crippen MR) is 130 cm³/mol. The Kier molecular flexibility index (Phi) is 23.7. The first kappa shape index (κ1) is 41.6. The van der Waals surface area contributed by atoms with Crippen LogP contribution in [0.15, 0.2) is 68.3 Å². The largest absolute Gasteiger partial charge is 2.00 e. The molecule has 4 rings (SSSR count). The molecule has 0 aromatic carbocycles.